The first kappa shape index (κ1) is 10.5. The molecule has 2 heterocycles. The van der Waals surface area contributed by atoms with E-state index in [0.29, 0.717) is 5.95 Å². The summed E-state index contributed by atoms with van der Waals surface area (Å²) in [7, 11) is 0. The molecule has 0 aliphatic carbocycles. The molecular weight excluding hydrogens is 228 g/mol. The summed E-state index contributed by atoms with van der Waals surface area (Å²) in [6.45, 7) is 1.95. The van der Waals surface area contributed by atoms with Crippen LogP contribution in [0.5, 0.6) is 0 Å². The molecule has 0 unspecified atom stereocenters. The van der Waals surface area contributed by atoms with Crippen LogP contribution in [0.4, 0.5) is 0 Å². The van der Waals surface area contributed by atoms with E-state index in [1.54, 1.807) is 4.68 Å². The third kappa shape index (κ3) is 1.64. The lowest BCUT2D eigenvalue weighted by Gasteiger charge is -2.01. The first-order valence-electron chi connectivity index (χ1n) is 5.53. The summed E-state index contributed by atoms with van der Waals surface area (Å²) in [4.78, 5) is 0. The van der Waals surface area contributed by atoms with E-state index in [-0.39, 0.29) is 0 Å². The zero-order chi connectivity index (χ0) is 12.5. The van der Waals surface area contributed by atoms with Crippen molar-refractivity contribution in [1.29, 1.82) is 0 Å². The number of aryl methyl sites for hydroxylation is 1. The number of nitrogens with two attached hydrogens (primary N) is 1. The first-order chi connectivity index (χ1) is 8.75. The van der Waals surface area contributed by atoms with Gasteiger partial charge in [0.1, 0.15) is 6.33 Å². The Labute approximate surface area is 104 Å². The van der Waals surface area contributed by atoms with E-state index in [0.717, 1.165) is 17.0 Å². The molecule has 2 aromatic heterocycles. The maximum absolute atomic E-state index is 5.72. The molecule has 0 radical (unpaired) electrons. The number of nitrogen functional groups attached to an aromatic ring is 1. The molecule has 0 bridgehead atoms. The predicted molar refractivity (Wildman–Crippen MR) is 67.5 cm³/mol. The highest BCUT2D eigenvalue weighted by atomic mass is 15.5. The van der Waals surface area contributed by atoms with Crippen molar-refractivity contribution in [1.82, 2.24) is 24.7 Å². The molecule has 0 aliphatic rings. The van der Waals surface area contributed by atoms with Gasteiger partial charge in [0.2, 0.25) is 0 Å². The van der Waals surface area contributed by atoms with E-state index < -0.39 is 0 Å². The quantitative estimate of drug-likeness (QED) is 0.682. The Hall–Kier alpha value is -2.63. The third-order valence-electron chi connectivity index (χ3n) is 2.70. The molecular formula is C12H12N6. The molecule has 0 saturated carbocycles. The van der Waals surface area contributed by atoms with Crippen LogP contribution < -0.4 is 5.84 Å². The van der Waals surface area contributed by atoms with Crippen LogP contribution in [0.25, 0.3) is 17.2 Å². The van der Waals surface area contributed by atoms with Gasteiger partial charge in [0, 0.05) is 11.3 Å². The summed E-state index contributed by atoms with van der Waals surface area (Å²) >= 11 is 0. The zero-order valence-electron chi connectivity index (χ0n) is 9.85. The number of hydrogen-bond acceptors (Lipinski definition) is 4. The second-order valence-corrected chi connectivity index (χ2v) is 3.99. The minimum absolute atomic E-state index is 0.495. The highest BCUT2D eigenvalue weighted by Crippen LogP contribution is 2.19. The van der Waals surface area contributed by atoms with Crippen molar-refractivity contribution >= 4 is 0 Å². The average molecular weight is 240 g/mol. The number of hydrogen-bond donors (Lipinski definition) is 1. The minimum atomic E-state index is 0.495. The molecule has 90 valence electrons. The number of aromatic nitrogens is 5. The van der Waals surface area contributed by atoms with Crippen LogP contribution in [0.2, 0.25) is 0 Å². The summed E-state index contributed by atoms with van der Waals surface area (Å²) in [5.41, 5.74) is 2.90. The number of nitrogens with zero attached hydrogens (tertiary/aromatic N) is 5. The van der Waals surface area contributed by atoms with Gasteiger partial charge in [0.25, 0.3) is 5.95 Å². The zero-order valence-corrected chi connectivity index (χ0v) is 9.85. The lowest BCUT2D eigenvalue weighted by atomic mass is 10.1. The van der Waals surface area contributed by atoms with Gasteiger partial charge in [0.05, 0.1) is 5.69 Å². The van der Waals surface area contributed by atoms with E-state index in [1.807, 2.05) is 43.3 Å². The van der Waals surface area contributed by atoms with Crippen molar-refractivity contribution in [3.05, 3.63) is 48.4 Å². The Balaban J connectivity index is 2.10. The molecule has 3 aromatic rings. The topological polar surface area (TPSA) is 74.5 Å². The van der Waals surface area contributed by atoms with E-state index in [1.165, 1.54) is 11.0 Å². The van der Waals surface area contributed by atoms with E-state index in [2.05, 4.69) is 15.3 Å². The lowest BCUT2D eigenvalue weighted by Crippen LogP contribution is -2.15. The Bertz CT molecular complexity index is 667. The number of rotatable bonds is 2. The maximum Gasteiger partial charge on any atom is 0.270 e. The monoisotopic (exact) mass is 240 g/mol. The molecule has 0 amide bonds. The number of benzene rings is 1. The summed E-state index contributed by atoms with van der Waals surface area (Å²) in [5.74, 6) is 6.22. The normalized spacial score (nSPS) is 10.7. The van der Waals surface area contributed by atoms with Gasteiger partial charge in [-0.1, -0.05) is 30.3 Å². The summed E-state index contributed by atoms with van der Waals surface area (Å²) in [6.07, 6.45) is 1.44. The molecule has 6 nitrogen and oxygen atoms in total. The van der Waals surface area contributed by atoms with Crippen LogP contribution in [0.3, 0.4) is 0 Å². The first-order valence-corrected chi connectivity index (χ1v) is 5.53. The van der Waals surface area contributed by atoms with Crippen molar-refractivity contribution < 1.29 is 0 Å². The largest absolute Gasteiger partial charge is 0.335 e. The van der Waals surface area contributed by atoms with Gasteiger partial charge in [-0.3, -0.25) is 0 Å². The van der Waals surface area contributed by atoms with Crippen molar-refractivity contribution in [2.24, 2.45) is 0 Å². The third-order valence-corrected chi connectivity index (χ3v) is 2.70. The van der Waals surface area contributed by atoms with Gasteiger partial charge in [-0.05, 0) is 13.0 Å². The van der Waals surface area contributed by atoms with E-state index in [4.69, 9.17) is 5.84 Å². The second-order valence-electron chi connectivity index (χ2n) is 3.99. The Morgan fingerprint density at radius 2 is 1.94 bits per heavy atom. The van der Waals surface area contributed by atoms with E-state index in [9.17, 15) is 0 Å². The molecule has 0 aliphatic heterocycles. The van der Waals surface area contributed by atoms with Crippen molar-refractivity contribution in [2.75, 3.05) is 5.84 Å². The average Bonchev–Trinajstić information content (AvgIpc) is 2.96. The SMILES string of the molecule is Cc1cc(-c2ccccc2)nn1-c1nncn1N. The highest BCUT2D eigenvalue weighted by Gasteiger charge is 2.11. The predicted octanol–water partition coefficient (Wildman–Crippen LogP) is 1.15. The van der Waals surface area contributed by atoms with Gasteiger partial charge in [0.15, 0.2) is 0 Å². The second kappa shape index (κ2) is 3.99. The molecule has 3 rings (SSSR count). The van der Waals surface area contributed by atoms with Gasteiger partial charge in [-0.15, -0.1) is 10.2 Å². The Morgan fingerprint density at radius 1 is 1.17 bits per heavy atom. The molecule has 1 aromatic carbocycles. The van der Waals surface area contributed by atoms with Gasteiger partial charge in [-0.25, -0.2) is 9.36 Å². The van der Waals surface area contributed by atoms with Crippen molar-refractivity contribution in [3.63, 3.8) is 0 Å². The Morgan fingerprint density at radius 3 is 2.61 bits per heavy atom. The van der Waals surface area contributed by atoms with Crippen LogP contribution in [0, 0.1) is 6.92 Å². The molecule has 18 heavy (non-hydrogen) atoms. The van der Waals surface area contributed by atoms with Crippen LogP contribution >= 0.6 is 0 Å². The van der Waals surface area contributed by atoms with E-state index >= 15 is 0 Å². The van der Waals surface area contributed by atoms with Gasteiger partial charge >= 0.3 is 0 Å². The van der Waals surface area contributed by atoms with Gasteiger partial charge in [-0.2, -0.15) is 5.10 Å². The van der Waals surface area contributed by atoms with Crippen molar-refractivity contribution in [3.8, 4) is 17.2 Å². The summed E-state index contributed by atoms with van der Waals surface area (Å²) in [5, 5.41) is 12.2. The summed E-state index contributed by atoms with van der Waals surface area (Å²) < 4.78 is 3.02. The van der Waals surface area contributed by atoms with Gasteiger partial charge < -0.3 is 5.84 Å². The summed E-state index contributed by atoms with van der Waals surface area (Å²) in [6, 6.07) is 12.0. The Kier molecular flexibility index (Phi) is 2.33. The van der Waals surface area contributed by atoms with Crippen LogP contribution in [-0.4, -0.2) is 24.7 Å². The smallest absolute Gasteiger partial charge is 0.270 e. The molecule has 0 saturated heterocycles. The standard InChI is InChI=1S/C12H12N6/c1-9-7-11(10-5-3-2-4-6-10)16-18(9)12-15-14-8-17(12)13/h2-8H,13H2,1H3. The fourth-order valence-corrected chi connectivity index (χ4v) is 1.82. The molecule has 0 fully saturated rings. The van der Waals surface area contributed by atoms with Crippen molar-refractivity contribution in [2.45, 2.75) is 6.92 Å². The molecule has 6 heteroatoms. The molecule has 0 spiro atoms. The molecule has 0 atom stereocenters. The fourth-order valence-electron chi connectivity index (χ4n) is 1.82. The maximum atomic E-state index is 5.72. The molecule has 2 N–H and O–H groups in total. The lowest BCUT2D eigenvalue weighted by molar-refractivity contribution is 0.752. The fraction of sp³-hybridized carbons (Fsp3) is 0.0833. The minimum Gasteiger partial charge on any atom is -0.335 e. The highest BCUT2D eigenvalue weighted by molar-refractivity contribution is 5.59. The van der Waals surface area contributed by atoms with Crippen LogP contribution in [-0.2, 0) is 0 Å². The van der Waals surface area contributed by atoms with Crippen LogP contribution in [0.1, 0.15) is 5.69 Å². The van der Waals surface area contributed by atoms with Crippen LogP contribution in [0.15, 0.2) is 42.7 Å².